The van der Waals surface area contributed by atoms with Crippen molar-refractivity contribution >= 4 is 27.5 Å². The van der Waals surface area contributed by atoms with E-state index in [4.69, 9.17) is 9.47 Å². The predicted molar refractivity (Wildman–Crippen MR) is 127 cm³/mol. The third-order valence-corrected chi connectivity index (χ3v) is 5.18. The summed E-state index contributed by atoms with van der Waals surface area (Å²) in [5, 5.41) is 7.33. The average Bonchev–Trinajstić information content (AvgIpc) is 3.27. The molecule has 7 nitrogen and oxygen atoms in total. The fourth-order valence-corrected chi connectivity index (χ4v) is 3.35. The number of halogens is 1. The summed E-state index contributed by atoms with van der Waals surface area (Å²) < 4.78 is 13.3. The van der Waals surface area contributed by atoms with Crippen molar-refractivity contribution in [3.8, 4) is 28.6 Å². The van der Waals surface area contributed by atoms with Crippen LogP contribution in [0.4, 0.5) is 5.69 Å². The highest BCUT2D eigenvalue weighted by atomic mass is 79.9. The van der Waals surface area contributed by atoms with Crippen LogP contribution in [0.5, 0.6) is 11.5 Å². The minimum absolute atomic E-state index is 0.0626. The summed E-state index contributed by atoms with van der Waals surface area (Å²) in [6.07, 6.45) is 0. The van der Waals surface area contributed by atoms with Gasteiger partial charge in [0.25, 0.3) is 5.91 Å². The smallest absolute Gasteiger partial charge is 0.295 e. The van der Waals surface area contributed by atoms with Gasteiger partial charge < -0.3 is 14.8 Å². The summed E-state index contributed by atoms with van der Waals surface area (Å²) in [6.45, 7) is 2.50. The maximum Gasteiger partial charge on any atom is 0.295 e. The molecule has 162 valence electrons. The maximum atomic E-state index is 12.9. The summed E-state index contributed by atoms with van der Waals surface area (Å²) >= 11 is 3.45. The molecule has 4 aromatic rings. The summed E-state index contributed by atoms with van der Waals surface area (Å²) in [4.78, 5) is 17.4. The summed E-state index contributed by atoms with van der Waals surface area (Å²) in [7, 11) is 1.61. The number of ether oxygens (including phenoxy) is 2. The van der Waals surface area contributed by atoms with Crippen molar-refractivity contribution in [1.29, 1.82) is 0 Å². The van der Waals surface area contributed by atoms with E-state index in [1.165, 1.54) is 0 Å². The summed E-state index contributed by atoms with van der Waals surface area (Å²) in [6, 6.07) is 22.2. The van der Waals surface area contributed by atoms with Crippen molar-refractivity contribution in [2.75, 3.05) is 19.0 Å². The molecule has 1 aromatic heterocycles. The fraction of sp³-hybridized carbons (Fsp3) is 0.125. The number of aromatic nitrogens is 3. The van der Waals surface area contributed by atoms with Crippen LogP contribution in [0.15, 0.2) is 77.3 Å². The Hall–Kier alpha value is -3.65. The maximum absolute atomic E-state index is 12.9. The summed E-state index contributed by atoms with van der Waals surface area (Å²) in [5.41, 5.74) is 2.22. The van der Waals surface area contributed by atoms with Crippen LogP contribution in [0.1, 0.15) is 17.5 Å². The van der Waals surface area contributed by atoms with Gasteiger partial charge in [0.1, 0.15) is 11.5 Å². The zero-order valence-electron chi connectivity index (χ0n) is 17.6. The standard InChI is InChI=1S/C24H21BrN4O3/c1-3-32-21-12-8-18(9-13-21)26-24(30)22-27-23(16-4-6-17(25)7-5-16)29(28-22)19-10-14-20(31-2)15-11-19/h4-15H,3H2,1-2H3,(H,26,30). The number of anilines is 1. The number of nitrogens with zero attached hydrogens (tertiary/aromatic N) is 3. The third kappa shape index (κ3) is 4.81. The Labute approximate surface area is 194 Å². The molecule has 8 heteroatoms. The molecule has 0 radical (unpaired) electrons. The number of methoxy groups -OCH3 is 1. The van der Waals surface area contributed by atoms with Crippen molar-refractivity contribution < 1.29 is 14.3 Å². The Kier molecular flexibility index (Phi) is 6.51. The van der Waals surface area contributed by atoms with Crippen LogP contribution in [0.3, 0.4) is 0 Å². The lowest BCUT2D eigenvalue weighted by molar-refractivity contribution is 0.101. The van der Waals surface area contributed by atoms with Gasteiger partial charge in [0.2, 0.25) is 5.82 Å². The van der Waals surface area contributed by atoms with Gasteiger partial charge in [0.15, 0.2) is 5.82 Å². The molecular weight excluding hydrogens is 472 g/mol. The van der Waals surface area contributed by atoms with Crippen molar-refractivity contribution in [2.45, 2.75) is 6.92 Å². The van der Waals surface area contributed by atoms with Crippen LogP contribution < -0.4 is 14.8 Å². The van der Waals surface area contributed by atoms with E-state index in [-0.39, 0.29) is 5.82 Å². The number of hydrogen-bond acceptors (Lipinski definition) is 5. The normalized spacial score (nSPS) is 10.6. The van der Waals surface area contributed by atoms with E-state index in [0.29, 0.717) is 18.1 Å². The number of carbonyl (C=O) groups is 1. The van der Waals surface area contributed by atoms with E-state index in [9.17, 15) is 4.79 Å². The molecule has 0 aliphatic rings. The Balaban J connectivity index is 1.67. The van der Waals surface area contributed by atoms with E-state index in [0.717, 1.165) is 27.2 Å². The molecule has 0 aliphatic carbocycles. The molecule has 0 bridgehead atoms. The van der Waals surface area contributed by atoms with Crippen LogP contribution in [-0.4, -0.2) is 34.4 Å². The number of carbonyl (C=O) groups excluding carboxylic acids is 1. The molecule has 0 spiro atoms. The number of hydrogen-bond donors (Lipinski definition) is 1. The molecule has 4 rings (SSSR count). The van der Waals surface area contributed by atoms with Gasteiger partial charge in [-0.05, 0) is 67.6 Å². The van der Waals surface area contributed by atoms with Gasteiger partial charge in [0, 0.05) is 15.7 Å². The number of rotatable bonds is 7. The van der Waals surface area contributed by atoms with Crippen LogP contribution in [0.2, 0.25) is 0 Å². The first-order valence-corrected chi connectivity index (χ1v) is 10.8. The molecule has 1 N–H and O–H groups in total. The van der Waals surface area contributed by atoms with Crippen molar-refractivity contribution in [3.05, 3.63) is 83.1 Å². The van der Waals surface area contributed by atoms with E-state index in [2.05, 4.69) is 31.3 Å². The van der Waals surface area contributed by atoms with E-state index in [1.807, 2.05) is 55.5 Å². The SMILES string of the molecule is CCOc1ccc(NC(=O)c2nc(-c3ccc(Br)cc3)n(-c3ccc(OC)cc3)n2)cc1. The van der Waals surface area contributed by atoms with Gasteiger partial charge >= 0.3 is 0 Å². The molecule has 0 saturated heterocycles. The van der Waals surface area contributed by atoms with E-state index < -0.39 is 5.91 Å². The summed E-state index contributed by atoms with van der Waals surface area (Å²) in [5.74, 6) is 1.68. The van der Waals surface area contributed by atoms with Crippen molar-refractivity contribution in [3.63, 3.8) is 0 Å². The first kappa shape index (κ1) is 21.6. The Morgan fingerprint density at radius 1 is 0.969 bits per heavy atom. The average molecular weight is 493 g/mol. The second kappa shape index (κ2) is 9.65. The zero-order chi connectivity index (χ0) is 22.5. The molecule has 0 unspecified atom stereocenters. The highest BCUT2D eigenvalue weighted by Gasteiger charge is 2.19. The van der Waals surface area contributed by atoms with E-state index >= 15 is 0 Å². The monoisotopic (exact) mass is 492 g/mol. The lowest BCUT2D eigenvalue weighted by Gasteiger charge is -2.07. The highest BCUT2D eigenvalue weighted by molar-refractivity contribution is 9.10. The lowest BCUT2D eigenvalue weighted by atomic mass is 10.2. The fourth-order valence-electron chi connectivity index (χ4n) is 3.09. The molecule has 1 amide bonds. The largest absolute Gasteiger partial charge is 0.497 e. The Bertz CT molecular complexity index is 1200. The second-order valence-electron chi connectivity index (χ2n) is 6.79. The zero-order valence-corrected chi connectivity index (χ0v) is 19.2. The molecule has 1 heterocycles. The van der Waals surface area contributed by atoms with Gasteiger partial charge in [-0.15, -0.1) is 5.10 Å². The number of amides is 1. The molecule has 0 aliphatic heterocycles. The number of nitrogens with one attached hydrogen (secondary N) is 1. The predicted octanol–water partition coefficient (Wildman–Crippen LogP) is 5.36. The van der Waals surface area contributed by atoms with Gasteiger partial charge in [-0.3, -0.25) is 4.79 Å². The molecule has 3 aromatic carbocycles. The first-order chi connectivity index (χ1) is 15.6. The van der Waals surface area contributed by atoms with Crippen molar-refractivity contribution in [2.24, 2.45) is 0 Å². The van der Waals surface area contributed by atoms with Gasteiger partial charge in [-0.1, -0.05) is 28.1 Å². The van der Waals surface area contributed by atoms with Crippen LogP contribution in [0.25, 0.3) is 17.1 Å². The minimum atomic E-state index is -0.403. The topological polar surface area (TPSA) is 78.3 Å². The van der Waals surface area contributed by atoms with Crippen molar-refractivity contribution in [1.82, 2.24) is 14.8 Å². The Morgan fingerprint density at radius 3 is 2.25 bits per heavy atom. The van der Waals surface area contributed by atoms with Crippen LogP contribution in [0, 0.1) is 0 Å². The Morgan fingerprint density at radius 2 is 1.62 bits per heavy atom. The van der Waals surface area contributed by atoms with E-state index in [1.54, 1.807) is 36.1 Å². The quantitative estimate of drug-likeness (QED) is 0.375. The van der Waals surface area contributed by atoms with Crippen LogP contribution in [-0.2, 0) is 0 Å². The first-order valence-electron chi connectivity index (χ1n) is 9.99. The number of benzene rings is 3. The van der Waals surface area contributed by atoms with Gasteiger partial charge in [-0.25, -0.2) is 9.67 Å². The second-order valence-corrected chi connectivity index (χ2v) is 7.70. The molecule has 0 atom stereocenters. The lowest BCUT2D eigenvalue weighted by Crippen LogP contribution is -2.14. The molecule has 0 saturated carbocycles. The van der Waals surface area contributed by atoms with Crippen LogP contribution >= 0.6 is 15.9 Å². The molecular formula is C24H21BrN4O3. The molecule has 0 fully saturated rings. The third-order valence-electron chi connectivity index (χ3n) is 4.65. The molecule has 32 heavy (non-hydrogen) atoms. The minimum Gasteiger partial charge on any atom is -0.497 e. The van der Waals surface area contributed by atoms with Gasteiger partial charge in [0.05, 0.1) is 19.4 Å². The highest BCUT2D eigenvalue weighted by Crippen LogP contribution is 2.25. The van der Waals surface area contributed by atoms with Gasteiger partial charge in [-0.2, -0.15) is 0 Å².